The van der Waals surface area contributed by atoms with E-state index in [9.17, 15) is 9.59 Å². The second-order valence-electron chi connectivity index (χ2n) is 8.89. The van der Waals surface area contributed by atoms with Gasteiger partial charge in [0.15, 0.2) is 0 Å². The van der Waals surface area contributed by atoms with Crippen LogP contribution in [-0.4, -0.2) is 23.2 Å². The molecule has 36 heavy (non-hydrogen) atoms. The molecule has 2 atom stereocenters. The van der Waals surface area contributed by atoms with Crippen molar-refractivity contribution in [3.8, 4) is 0 Å². The third kappa shape index (κ3) is 4.22. The van der Waals surface area contributed by atoms with Crippen molar-refractivity contribution in [2.24, 2.45) is 22.0 Å². The molecule has 0 aromatic heterocycles. The largest absolute Gasteiger partial charge is 0.272 e. The van der Waals surface area contributed by atoms with Crippen molar-refractivity contribution in [2.75, 3.05) is 10.0 Å². The van der Waals surface area contributed by atoms with Gasteiger partial charge in [0, 0.05) is 10.9 Å². The Morgan fingerprint density at radius 3 is 1.50 bits per heavy atom. The second-order valence-corrected chi connectivity index (χ2v) is 9.33. The molecule has 2 aliphatic rings. The van der Waals surface area contributed by atoms with E-state index in [1.54, 1.807) is 12.1 Å². The molecule has 2 unspecified atom stereocenters. The average Bonchev–Trinajstić information content (AvgIpc) is 3.43. The first-order valence-electron chi connectivity index (χ1n) is 12.2. The summed E-state index contributed by atoms with van der Waals surface area (Å²) in [5.41, 5.74) is 3.79. The summed E-state index contributed by atoms with van der Waals surface area (Å²) in [7, 11) is 0. The van der Waals surface area contributed by atoms with E-state index < -0.39 is 17.8 Å². The lowest BCUT2D eigenvalue weighted by atomic mass is 9.72. The lowest BCUT2D eigenvalue weighted by Crippen LogP contribution is -2.40. The van der Waals surface area contributed by atoms with Crippen molar-refractivity contribution in [3.63, 3.8) is 0 Å². The van der Waals surface area contributed by atoms with E-state index in [0.717, 1.165) is 17.0 Å². The minimum atomic E-state index is -0.599. The van der Waals surface area contributed by atoms with Gasteiger partial charge in [0.2, 0.25) is 0 Å². The molecule has 0 radical (unpaired) electrons. The number of benzene rings is 3. The molecule has 182 valence electrons. The maximum absolute atomic E-state index is 14.0. The Morgan fingerprint density at radius 2 is 1.11 bits per heavy atom. The average molecular weight is 499 g/mol. The Morgan fingerprint density at radius 1 is 0.694 bits per heavy atom. The zero-order chi connectivity index (χ0) is 25.2. The first kappa shape index (κ1) is 23.9. The standard InChI is InChI=1S/C29H27ClN4O2/c1-3-23-26(28(35)33(31-23)21-11-7-5-8-12-21)25(19-15-17-20(30)18-16-19)27-24(4-2)32-34(29(27)36)22-13-9-6-10-14-22/h5-18,25-27H,3-4H2,1-2H3. The Kier molecular flexibility index (Phi) is 6.70. The van der Waals surface area contributed by atoms with Gasteiger partial charge in [0.1, 0.15) is 0 Å². The van der Waals surface area contributed by atoms with Gasteiger partial charge < -0.3 is 0 Å². The normalized spacial score (nSPS) is 20.5. The summed E-state index contributed by atoms with van der Waals surface area (Å²) in [6, 6.07) is 26.2. The molecular weight excluding hydrogens is 472 g/mol. The topological polar surface area (TPSA) is 65.3 Å². The molecule has 2 aliphatic heterocycles. The Balaban J connectivity index is 1.61. The van der Waals surface area contributed by atoms with Crippen molar-refractivity contribution >= 4 is 46.2 Å². The van der Waals surface area contributed by atoms with Crippen LogP contribution >= 0.6 is 11.6 Å². The van der Waals surface area contributed by atoms with Gasteiger partial charge in [0.25, 0.3) is 11.8 Å². The molecule has 0 fully saturated rings. The summed E-state index contributed by atoms with van der Waals surface area (Å²) >= 11 is 6.21. The van der Waals surface area contributed by atoms with Gasteiger partial charge in [-0.1, -0.05) is 74.0 Å². The van der Waals surface area contributed by atoms with Crippen molar-refractivity contribution in [3.05, 3.63) is 95.5 Å². The maximum Gasteiger partial charge on any atom is 0.256 e. The van der Waals surface area contributed by atoms with Gasteiger partial charge in [-0.25, -0.2) is 10.0 Å². The van der Waals surface area contributed by atoms with Gasteiger partial charge in [-0.2, -0.15) is 10.2 Å². The number of nitrogens with zero attached hydrogens (tertiary/aromatic N) is 4. The number of hydrazone groups is 2. The molecule has 3 aromatic carbocycles. The van der Waals surface area contributed by atoms with Crippen LogP contribution in [0.4, 0.5) is 11.4 Å². The third-order valence-corrected chi connectivity index (χ3v) is 7.08. The second kappa shape index (κ2) is 10.1. The molecule has 7 heteroatoms. The summed E-state index contributed by atoms with van der Waals surface area (Å²) in [4.78, 5) is 28.0. The molecular formula is C29H27ClN4O2. The van der Waals surface area contributed by atoms with Crippen LogP contribution in [-0.2, 0) is 9.59 Å². The molecule has 0 N–H and O–H groups in total. The number of halogens is 1. The number of hydrogen-bond donors (Lipinski definition) is 0. The molecule has 0 saturated carbocycles. The maximum atomic E-state index is 14.0. The number of hydrogen-bond acceptors (Lipinski definition) is 4. The highest BCUT2D eigenvalue weighted by atomic mass is 35.5. The SMILES string of the molecule is CCC1=NN(c2ccccc2)C(=O)C1C(c1ccc(Cl)cc1)C1C(=O)N(c2ccccc2)N=C1CC. The van der Waals surface area contributed by atoms with Crippen molar-refractivity contribution in [1.29, 1.82) is 0 Å². The summed E-state index contributed by atoms with van der Waals surface area (Å²) in [6.45, 7) is 3.99. The van der Waals surface area contributed by atoms with Crippen LogP contribution in [0.1, 0.15) is 38.2 Å². The van der Waals surface area contributed by atoms with E-state index in [0.29, 0.717) is 29.2 Å². The van der Waals surface area contributed by atoms with Crippen molar-refractivity contribution in [2.45, 2.75) is 32.6 Å². The van der Waals surface area contributed by atoms with Crippen molar-refractivity contribution in [1.82, 2.24) is 0 Å². The van der Waals surface area contributed by atoms with Gasteiger partial charge in [-0.15, -0.1) is 0 Å². The highest BCUT2D eigenvalue weighted by molar-refractivity contribution is 6.30. The molecule has 2 heterocycles. The Bertz CT molecular complexity index is 1240. The van der Waals surface area contributed by atoms with Crippen LogP contribution < -0.4 is 10.0 Å². The summed E-state index contributed by atoms with van der Waals surface area (Å²) in [6.07, 6.45) is 1.18. The van der Waals surface area contributed by atoms with Crippen LogP contribution in [0.2, 0.25) is 5.02 Å². The van der Waals surface area contributed by atoms with Crippen LogP contribution in [0.15, 0.2) is 95.1 Å². The van der Waals surface area contributed by atoms with Crippen LogP contribution in [0, 0.1) is 11.8 Å². The smallest absolute Gasteiger partial charge is 0.256 e. The Labute approximate surface area is 215 Å². The summed E-state index contributed by atoms with van der Waals surface area (Å²) in [5, 5.41) is 13.0. The lowest BCUT2D eigenvalue weighted by Gasteiger charge is -2.29. The van der Waals surface area contributed by atoms with E-state index in [4.69, 9.17) is 21.8 Å². The van der Waals surface area contributed by atoms with E-state index >= 15 is 0 Å². The summed E-state index contributed by atoms with van der Waals surface area (Å²) in [5.74, 6) is -1.95. The van der Waals surface area contributed by atoms with Gasteiger partial charge >= 0.3 is 0 Å². The molecule has 0 aliphatic carbocycles. The number of amides is 2. The van der Waals surface area contributed by atoms with Crippen molar-refractivity contribution < 1.29 is 9.59 Å². The van der Waals surface area contributed by atoms with Gasteiger partial charge in [-0.3, -0.25) is 9.59 Å². The Hall–Kier alpha value is -3.77. The van der Waals surface area contributed by atoms with E-state index in [-0.39, 0.29) is 11.8 Å². The molecule has 2 amide bonds. The van der Waals surface area contributed by atoms with Crippen LogP contribution in [0.25, 0.3) is 0 Å². The summed E-state index contributed by atoms with van der Waals surface area (Å²) < 4.78 is 0. The molecule has 0 bridgehead atoms. The first-order chi connectivity index (χ1) is 17.5. The minimum absolute atomic E-state index is 0.139. The minimum Gasteiger partial charge on any atom is -0.272 e. The monoisotopic (exact) mass is 498 g/mol. The molecule has 0 saturated heterocycles. The number of para-hydroxylation sites is 2. The van der Waals surface area contributed by atoms with E-state index in [1.165, 1.54) is 10.0 Å². The molecule has 3 aromatic rings. The quantitative estimate of drug-likeness (QED) is 0.384. The zero-order valence-electron chi connectivity index (χ0n) is 20.2. The number of carbonyl (C=O) groups is 2. The molecule has 6 nitrogen and oxygen atoms in total. The number of anilines is 2. The fraction of sp³-hybridized carbons (Fsp3) is 0.241. The van der Waals surface area contributed by atoms with Crippen LogP contribution in [0.5, 0.6) is 0 Å². The van der Waals surface area contributed by atoms with E-state index in [1.807, 2.05) is 86.6 Å². The highest BCUT2D eigenvalue weighted by Crippen LogP contribution is 2.43. The fourth-order valence-electron chi connectivity index (χ4n) is 5.10. The number of rotatable bonds is 7. The van der Waals surface area contributed by atoms with E-state index in [2.05, 4.69) is 0 Å². The molecule has 5 rings (SSSR count). The predicted octanol–water partition coefficient (Wildman–Crippen LogP) is 6.28. The highest BCUT2D eigenvalue weighted by Gasteiger charge is 2.51. The molecule has 0 spiro atoms. The van der Waals surface area contributed by atoms with Crippen LogP contribution in [0.3, 0.4) is 0 Å². The lowest BCUT2D eigenvalue weighted by molar-refractivity contribution is -0.122. The first-order valence-corrected chi connectivity index (χ1v) is 12.6. The predicted molar refractivity (Wildman–Crippen MR) is 144 cm³/mol. The van der Waals surface area contributed by atoms with Gasteiger partial charge in [-0.05, 0) is 54.8 Å². The fourth-order valence-corrected chi connectivity index (χ4v) is 5.23. The third-order valence-electron chi connectivity index (χ3n) is 6.82. The zero-order valence-corrected chi connectivity index (χ0v) is 21.0. The van der Waals surface area contributed by atoms with Gasteiger partial charge in [0.05, 0.1) is 34.6 Å². The number of carbonyl (C=O) groups excluding carboxylic acids is 2.